The molecule has 1 heterocycles. The van der Waals surface area contributed by atoms with Gasteiger partial charge in [-0.3, -0.25) is 9.78 Å². The average Bonchev–Trinajstić information content (AvgIpc) is 2.47. The van der Waals surface area contributed by atoms with Gasteiger partial charge in [0.2, 0.25) is 0 Å². The molecule has 0 aliphatic rings. The van der Waals surface area contributed by atoms with E-state index in [1.165, 1.54) is 0 Å². The highest BCUT2D eigenvalue weighted by molar-refractivity contribution is 9.10. The minimum absolute atomic E-state index is 0.178. The number of hydrogen-bond donors (Lipinski definition) is 1. The van der Waals surface area contributed by atoms with Crippen LogP contribution in [0.25, 0.3) is 0 Å². The predicted molar refractivity (Wildman–Crippen MR) is 78.9 cm³/mol. The summed E-state index contributed by atoms with van der Waals surface area (Å²) in [6.45, 7) is 0.441. The summed E-state index contributed by atoms with van der Waals surface area (Å²) in [6.07, 6.45) is 1.74. The normalized spacial score (nSPS) is 9.80. The van der Waals surface area contributed by atoms with Crippen molar-refractivity contribution in [1.29, 1.82) is 5.26 Å². The van der Waals surface area contributed by atoms with Crippen LogP contribution in [0.4, 0.5) is 0 Å². The number of nitriles is 1. The Hall–Kier alpha value is -2.19. The first-order valence-electron chi connectivity index (χ1n) is 6.04. The van der Waals surface area contributed by atoms with Crippen LogP contribution in [0.2, 0.25) is 0 Å². The third-order valence-corrected chi connectivity index (χ3v) is 3.51. The Bertz CT molecular complexity index is 664. The summed E-state index contributed by atoms with van der Waals surface area (Å²) in [7, 11) is 0. The second-order valence-electron chi connectivity index (χ2n) is 4.14. The van der Waals surface area contributed by atoms with Gasteiger partial charge in [-0.05, 0) is 23.8 Å². The van der Waals surface area contributed by atoms with Crippen LogP contribution in [0.3, 0.4) is 0 Å². The Morgan fingerprint density at radius 2 is 2.15 bits per heavy atom. The van der Waals surface area contributed by atoms with Crippen molar-refractivity contribution in [2.75, 3.05) is 0 Å². The van der Waals surface area contributed by atoms with Gasteiger partial charge in [-0.15, -0.1) is 0 Å². The van der Waals surface area contributed by atoms with Crippen molar-refractivity contribution in [3.8, 4) is 6.07 Å². The molecule has 4 nitrogen and oxygen atoms in total. The monoisotopic (exact) mass is 329 g/mol. The molecule has 1 amide bonds. The van der Waals surface area contributed by atoms with Crippen molar-refractivity contribution in [1.82, 2.24) is 10.3 Å². The third-order valence-electron chi connectivity index (χ3n) is 2.74. The average molecular weight is 330 g/mol. The molecule has 100 valence electrons. The molecule has 5 heteroatoms. The lowest BCUT2D eigenvalue weighted by molar-refractivity contribution is 0.0950. The van der Waals surface area contributed by atoms with Gasteiger partial charge in [0.25, 0.3) is 5.91 Å². The quantitative estimate of drug-likeness (QED) is 0.937. The van der Waals surface area contributed by atoms with Gasteiger partial charge in [0.1, 0.15) is 0 Å². The number of hydrogen-bond acceptors (Lipinski definition) is 3. The van der Waals surface area contributed by atoms with Crippen LogP contribution in [0.1, 0.15) is 21.6 Å². The minimum atomic E-state index is -0.178. The van der Waals surface area contributed by atoms with Crippen molar-refractivity contribution in [3.05, 3.63) is 63.9 Å². The van der Waals surface area contributed by atoms with Crippen LogP contribution < -0.4 is 5.32 Å². The van der Waals surface area contributed by atoms with Crippen molar-refractivity contribution in [2.24, 2.45) is 0 Å². The zero-order valence-corrected chi connectivity index (χ0v) is 12.2. The fourth-order valence-electron chi connectivity index (χ4n) is 1.72. The first kappa shape index (κ1) is 14.2. The number of carbonyl (C=O) groups excluding carboxylic acids is 1. The van der Waals surface area contributed by atoms with E-state index in [2.05, 4.69) is 26.2 Å². The molecule has 0 fully saturated rings. The molecule has 0 atom stereocenters. The molecule has 20 heavy (non-hydrogen) atoms. The van der Waals surface area contributed by atoms with Gasteiger partial charge in [-0.2, -0.15) is 5.26 Å². The smallest absolute Gasteiger partial charge is 0.251 e. The van der Waals surface area contributed by atoms with Crippen molar-refractivity contribution < 1.29 is 4.79 Å². The number of carbonyl (C=O) groups is 1. The number of rotatable bonds is 4. The molecule has 1 aromatic carbocycles. The van der Waals surface area contributed by atoms with Gasteiger partial charge in [0.05, 0.1) is 18.2 Å². The van der Waals surface area contributed by atoms with Crippen LogP contribution in [-0.2, 0) is 13.0 Å². The number of halogens is 1. The number of amides is 1. The molecule has 0 spiro atoms. The highest BCUT2D eigenvalue weighted by Gasteiger charge is 2.07. The van der Waals surface area contributed by atoms with Crippen molar-refractivity contribution in [2.45, 2.75) is 13.0 Å². The number of pyridine rings is 1. The zero-order valence-electron chi connectivity index (χ0n) is 10.6. The summed E-state index contributed by atoms with van der Waals surface area (Å²) in [5.41, 5.74) is 2.12. The summed E-state index contributed by atoms with van der Waals surface area (Å²) in [6, 6.07) is 13.0. The second kappa shape index (κ2) is 6.83. The SMILES string of the molecule is N#CCc1cc(C(=O)NCc2ccccc2Br)ccn1. The standard InChI is InChI=1S/C15H12BrN3O/c16-14-4-2-1-3-12(14)10-19-15(20)11-6-8-18-13(9-11)5-7-17/h1-4,6,8-9H,5,10H2,(H,19,20). The zero-order chi connectivity index (χ0) is 14.4. The third kappa shape index (κ3) is 3.65. The van der Waals surface area contributed by atoms with Crippen LogP contribution in [0, 0.1) is 11.3 Å². The molecule has 0 aliphatic carbocycles. The molecule has 1 aromatic heterocycles. The van der Waals surface area contributed by atoms with Gasteiger partial charge in [-0.1, -0.05) is 34.1 Å². The highest BCUT2D eigenvalue weighted by atomic mass is 79.9. The molecular formula is C15H12BrN3O. The van der Waals surface area contributed by atoms with Crippen LogP contribution in [0.5, 0.6) is 0 Å². The summed E-state index contributed by atoms with van der Waals surface area (Å²) in [5, 5.41) is 11.5. The van der Waals surface area contributed by atoms with Crippen LogP contribution in [0.15, 0.2) is 47.1 Å². The molecule has 0 saturated heterocycles. The number of aromatic nitrogens is 1. The number of nitrogens with zero attached hydrogens (tertiary/aromatic N) is 2. The largest absolute Gasteiger partial charge is 0.348 e. The van der Waals surface area contributed by atoms with Gasteiger partial charge in [-0.25, -0.2) is 0 Å². The lowest BCUT2D eigenvalue weighted by Gasteiger charge is -2.07. The maximum atomic E-state index is 12.0. The van der Waals surface area contributed by atoms with E-state index in [0.29, 0.717) is 17.8 Å². The molecular weight excluding hydrogens is 318 g/mol. The van der Waals surface area contributed by atoms with Crippen molar-refractivity contribution in [3.63, 3.8) is 0 Å². The maximum absolute atomic E-state index is 12.0. The molecule has 0 bridgehead atoms. The Morgan fingerprint density at radius 3 is 2.90 bits per heavy atom. The summed E-state index contributed by atoms with van der Waals surface area (Å²) < 4.78 is 0.959. The Morgan fingerprint density at radius 1 is 1.35 bits per heavy atom. The summed E-state index contributed by atoms with van der Waals surface area (Å²) in [5.74, 6) is -0.178. The first-order valence-corrected chi connectivity index (χ1v) is 6.83. The molecule has 0 saturated carbocycles. The van der Waals surface area contributed by atoms with Crippen LogP contribution >= 0.6 is 15.9 Å². The fourth-order valence-corrected chi connectivity index (χ4v) is 2.14. The number of benzene rings is 1. The van der Waals surface area contributed by atoms with Gasteiger partial charge < -0.3 is 5.32 Å². The molecule has 2 aromatic rings. The van der Waals surface area contributed by atoms with Crippen molar-refractivity contribution >= 4 is 21.8 Å². The lowest BCUT2D eigenvalue weighted by Crippen LogP contribution is -2.23. The van der Waals surface area contributed by atoms with E-state index in [1.54, 1.807) is 18.3 Å². The Balaban J connectivity index is 2.04. The van der Waals surface area contributed by atoms with E-state index in [-0.39, 0.29) is 12.3 Å². The van der Waals surface area contributed by atoms with E-state index in [0.717, 1.165) is 10.0 Å². The Kier molecular flexibility index (Phi) is 4.85. The second-order valence-corrected chi connectivity index (χ2v) is 5.00. The van der Waals surface area contributed by atoms with E-state index in [1.807, 2.05) is 30.3 Å². The summed E-state index contributed by atoms with van der Waals surface area (Å²) in [4.78, 5) is 16.1. The fraction of sp³-hybridized carbons (Fsp3) is 0.133. The molecule has 2 rings (SSSR count). The topological polar surface area (TPSA) is 65.8 Å². The molecule has 0 aliphatic heterocycles. The molecule has 0 unspecified atom stereocenters. The molecule has 1 N–H and O–H groups in total. The summed E-state index contributed by atoms with van der Waals surface area (Å²) >= 11 is 3.44. The van der Waals surface area contributed by atoms with E-state index in [4.69, 9.17) is 5.26 Å². The Labute approximate surface area is 125 Å². The first-order chi connectivity index (χ1) is 9.70. The van der Waals surface area contributed by atoms with E-state index >= 15 is 0 Å². The van der Waals surface area contributed by atoms with E-state index in [9.17, 15) is 4.79 Å². The number of nitrogens with one attached hydrogen (secondary N) is 1. The predicted octanol–water partition coefficient (Wildman–Crippen LogP) is 2.84. The minimum Gasteiger partial charge on any atom is -0.348 e. The van der Waals surface area contributed by atoms with Gasteiger partial charge >= 0.3 is 0 Å². The van der Waals surface area contributed by atoms with Crippen LogP contribution in [-0.4, -0.2) is 10.9 Å². The maximum Gasteiger partial charge on any atom is 0.251 e. The highest BCUT2D eigenvalue weighted by Crippen LogP contribution is 2.15. The van der Waals surface area contributed by atoms with E-state index < -0.39 is 0 Å². The van der Waals surface area contributed by atoms with Gasteiger partial charge in [0, 0.05) is 22.8 Å². The van der Waals surface area contributed by atoms with Gasteiger partial charge in [0.15, 0.2) is 0 Å². The molecule has 0 radical (unpaired) electrons. The lowest BCUT2D eigenvalue weighted by atomic mass is 10.1.